The van der Waals surface area contributed by atoms with E-state index in [0.29, 0.717) is 5.95 Å². The van der Waals surface area contributed by atoms with Crippen LogP contribution in [-0.4, -0.2) is 19.1 Å². The van der Waals surface area contributed by atoms with Crippen LogP contribution in [0.25, 0.3) is 99.3 Å². The maximum Gasteiger partial charge on any atom is 0.235 e. The first-order valence-corrected chi connectivity index (χ1v) is 17.7. The van der Waals surface area contributed by atoms with Crippen molar-refractivity contribution in [2.45, 2.75) is 0 Å². The monoisotopic (exact) mass is 662 g/mol. The van der Waals surface area contributed by atoms with Gasteiger partial charge in [0.25, 0.3) is 0 Å². The SMILES string of the molecule is c1ccc(-c2cccc(-c3nc(-n4c5ccccc5c5c6ccc(-n7c8ccccc8c8ccccc87)cc6ccc54)nc4ccccc34)c2)cc1. The maximum atomic E-state index is 5.38. The smallest absolute Gasteiger partial charge is 0.235 e. The van der Waals surface area contributed by atoms with Crippen molar-refractivity contribution in [3.8, 4) is 34.0 Å². The number of nitrogens with zero attached hydrogens (tertiary/aromatic N) is 4. The van der Waals surface area contributed by atoms with E-state index in [2.05, 4.69) is 191 Å². The Morgan fingerprint density at radius 1 is 0.346 bits per heavy atom. The van der Waals surface area contributed by atoms with Crippen LogP contribution in [0.5, 0.6) is 0 Å². The fraction of sp³-hybridized carbons (Fsp3) is 0. The standard InChI is InChI=1S/C48H30N4/c1-2-13-31(14-3-1)32-15-12-16-34(29-32)47-39-19-4-8-21-41(39)49-48(50-47)52-44-24-11-7-20-40(44)46-36-27-26-35(30-33(36)25-28-45(46)52)51-42-22-9-5-17-37(42)38-18-6-10-23-43(38)51/h1-30H. The first-order chi connectivity index (χ1) is 25.8. The van der Waals surface area contributed by atoms with Crippen LogP contribution in [0.4, 0.5) is 0 Å². The molecule has 8 aromatic carbocycles. The van der Waals surface area contributed by atoms with Crippen molar-refractivity contribution in [1.29, 1.82) is 0 Å². The van der Waals surface area contributed by atoms with Gasteiger partial charge < -0.3 is 4.57 Å². The van der Waals surface area contributed by atoms with E-state index in [9.17, 15) is 0 Å². The predicted molar refractivity (Wildman–Crippen MR) is 217 cm³/mol. The van der Waals surface area contributed by atoms with Crippen LogP contribution in [0.1, 0.15) is 0 Å². The lowest BCUT2D eigenvalue weighted by Gasteiger charge is -2.13. The van der Waals surface area contributed by atoms with Crippen molar-refractivity contribution in [3.63, 3.8) is 0 Å². The molecule has 0 aliphatic carbocycles. The van der Waals surface area contributed by atoms with Crippen molar-refractivity contribution >= 4 is 65.3 Å². The van der Waals surface area contributed by atoms with Crippen LogP contribution in [0.15, 0.2) is 182 Å². The van der Waals surface area contributed by atoms with E-state index in [1.54, 1.807) is 0 Å². The number of fused-ring (bicyclic) bond motifs is 9. The molecule has 0 spiro atoms. The summed E-state index contributed by atoms with van der Waals surface area (Å²) < 4.78 is 4.62. The largest absolute Gasteiger partial charge is 0.309 e. The molecule has 52 heavy (non-hydrogen) atoms. The zero-order chi connectivity index (χ0) is 34.2. The van der Waals surface area contributed by atoms with Gasteiger partial charge in [-0.15, -0.1) is 0 Å². The normalized spacial score (nSPS) is 11.8. The Morgan fingerprint density at radius 2 is 0.962 bits per heavy atom. The summed E-state index contributed by atoms with van der Waals surface area (Å²) >= 11 is 0. The Kier molecular flexibility index (Phi) is 6.22. The summed E-state index contributed by atoms with van der Waals surface area (Å²) in [6.45, 7) is 0. The molecular weight excluding hydrogens is 633 g/mol. The topological polar surface area (TPSA) is 35.6 Å². The van der Waals surface area contributed by atoms with Gasteiger partial charge in [0.15, 0.2) is 0 Å². The second kappa shape index (κ2) is 11.2. The van der Waals surface area contributed by atoms with Crippen LogP contribution in [0.3, 0.4) is 0 Å². The van der Waals surface area contributed by atoms with E-state index in [4.69, 9.17) is 9.97 Å². The van der Waals surface area contributed by atoms with Crippen LogP contribution in [-0.2, 0) is 0 Å². The van der Waals surface area contributed by atoms with E-state index < -0.39 is 0 Å². The molecule has 0 bridgehead atoms. The minimum Gasteiger partial charge on any atom is -0.309 e. The van der Waals surface area contributed by atoms with E-state index in [0.717, 1.165) is 44.4 Å². The number of para-hydroxylation sites is 4. The highest BCUT2D eigenvalue weighted by atomic mass is 15.2. The molecule has 0 N–H and O–H groups in total. The molecule has 242 valence electrons. The summed E-state index contributed by atoms with van der Waals surface area (Å²) in [4.78, 5) is 10.6. The molecule has 0 aliphatic rings. The molecule has 4 nitrogen and oxygen atoms in total. The van der Waals surface area contributed by atoms with E-state index in [-0.39, 0.29) is 0 Å². The van der Waals surface area contributed by atoms with Gasteiger partial charge in [-0.3, -0.25) is 4.57 Å². The molecule has 0 atom stereocenters. The van der Waals surface area contributed by atoms with Gasteiger partial charge >= 0.3 is 0 Å². The Labute approximate surface area is 299 Å². The average molecular weight is 663 g/mol. The van der Waals surface area contributed by atoms with Crippen LogP contribution in [0, 0.1) is 0 Å². The van der Waals surface area contributed by atoms with Gasteiger partial charge in [0.05, 0.1) is 33.3 Å². The number of benzene rings is 8. The summed E-state index contributed by atoms with van der Waals surface area (Å²) in [5, 5.41) is 8.32. The van der Waals surface area contributed by atoms with Crippen molar-refractivity contribution < 1.29 is 0 Å². The molecule has 0 saturated carbocycles. The van der Waals surface area contributed by atoms with Gasteiger partial charge in [-0.05, 0) is 70.4 Å². The summed E-state index contributed by atoms with van der Waals surface area (Å²) in [6, 6.07) is 64.8. The lowest BCUT2D eigenvalue weighted by Crippen LogP contribution is -2.03. The van der Waals surface area contributed by atoms with Crippen molar-refractivity contribution in [2.24, 2.45) is 0 Å². The third-order valence-electron chi connectivity index (χ3n) is 10.5. The average Bonchev–Trinajstić information content (AvgIpc) is 3.74. The fourth-order valence-corrected chi connectivity index (χ4v) is 8.20. The third kappa shape index (κ3) is 4.28. The lowest BCUT2D eigenvalue weighted by molar-refractivity contribution is 1.01. The predicted octanol–water partition coefficient (Wildman–Crippen LogP) is 12.3. The number of hydrogen-bond acceptors (Lipinski definition) is 2. The van der Waals surface area contributed by atoms with Gasteiger partial charge in [0.2, 0.25) is 5.95 Å². The quantitative estimate of drug-likeness (QED) is 0.188. The fourth-order valence-electron chi connectivity index (χ4n) is 8.20. The highest BCUT2D eigenvalue weighted by Gasteiger charge is 2.20. The van der Waals surface area contributed by atoms with Gasteiger partial charge in [0.1, 0.15) is 0 Å². The van der Waals surface area contributed by atoms with Crippen molar-refractivity contribution in [1.82, 2.24) is 19.1 Å². The van der Waals surface area contributed by atoms with Gasteiger partial charge in [-0.1, -0.05) is 133 Å². The lowest BCUT2D eigenvalue weighted by atomic mass is 10.00. The van der Waals surface area contributed by atoms with E-state index in [1.807, 2.05) is 0 Å². The highest BCUT2D eigenvalue weighted by molar-refractivity contribution is 6.21. The molecule has 11 rings (SSSR count). The summed E-state index contributed by atoms with van der Waals surface area (Å²) in [5.74, 6) is 0.659. The summed E-state index contributed by atoms with van der Waals surface area (Å²) in [5.41, 5.74) is 10.9. The molecule has 3 aromatic heterocycles. The highest BCUT2D eigenvalue weighted by Crippen LogP contribution is 2.39. The van der Waals surface area contributed by atoms with Gasteiger partial charge in [-0.25, -0.2) is 9.97 Å². The van der Waals surface area contributed by atoms with Crippen LogP contribution >= 0.6 is 0 Å². The maximum absolute atomic E-state index is 5.38. The van der Waals surface area contributed by atoms with Crippen molar-refractivity contribution in [3.05, 3.63) is 182 Å². The minimum atomic E-state index is 0.659. The van der Waals surface area contributed by atoms with Gasteiger partial charge in [0, 0.05) is 38.2 Å². The molecule has 0 aliphatic heterocycles. The second-order valence-electron chi connectivity index (χ2n) is 13.4. The molecule has 0 fully saturated rings. The van der Waals surface area contributed by atoms with Gasteiger partial charge in [-0.2, -0.15) is 0 Å². The molecule has 0 radical (unpaired) electrons. The Morgan fingerprint density at radius 3 is 1.73 bits per heavy atom. The Balaban J connectivity index is 1.14. The first-order valence-electron chi connectivity index (χ1n) is 17.7. The molecule has 0 amide bonds. The molecule has 11 aromatic rings. The summed E-state index contributed by atoms with van der Waals surface area (Å²) in [7, 11) is 0. The van der Waals surface area contributed by atoms with Crippen molar-refractivity contribution in [2.75, 3.05) is 0 Å². The second-order valence-corrected chi connectivity index (χ2v) is 13.4. The number of rotatable bonds is 4. The zero-order valence-electron chi connectivity index (χ0n) is 28.1. The molecule has 0 saturated heterocycles. The van der Waals surface area contributed by atoms with E-state index in [1.165, 1.54) is 48.9 Å². The Bertz CT molecular complexity index is 3130. The first kappa shape index (κ1) is 28.8. The third-order valence-corrected chi connectivity index (χ3v) is 10.5. The summed E-state index contributed by atoms with van der Waals surface area (Å²) in [6.07, 6.45) is 0. The minimum absolute atomic E-state index is 0.659. The molecule has 3 heterocycles. The zero-order valence-corrected chi connectivity index (χ0v) is 28.1. The number of hydrogen-bond donors (Lipinski definition) is 0. The Hall–Kier alpha value is -7.04. The molecule has 4 heteroatoms. The van der Waals surface area contributed by atoms with Crippen LogP contribution < -0.4 is 0 Å². The van der Waals surface area contributed by atoms with Crippen LogP contribution in [0.2, 0.25) is 0 Å². The molecular formula is C48H30N4. The molecule has 0 unspecified atom stereocenters. The van der Waals surface area contributed by atoms with E-state index >= 15 is 0 Å². The number of aromatic nitrogens is 4.